The highest BCUT2D eigenvalue weighted by Gasteiger charge is 2.03. The third kappa shape index (κ3) is 2.79. The van der Waals surface area contributed by atoms with Gasteiger partial charge < -0.3 is 9.73 Å². The van der Waals surface area contributed by atoms with Crippen LogP contribution >= 0.6 is 0 Å². The van der Waals surface area contributed by atoms with Crippen LogP contribution in [0, 0.1) is 6.92 Å². The normalized spacial score (nSPS) is 9.69. The number of hydrogen-bond donors (Lipinski definition) is 2. The molecule has 72 valence electrons. The lowest BCUT2D eigenvalue weighted by atomic mass is 10.3. The predicted octanol–water partition coefficient (Wildman–Crippen LogP) is 0.949. The smallest absolute Gasteiger partial charge is 0.339 e. The van der Waals surface area contributed by atoms with E-state index in [9.17, 15) is 4.79 Å². The van der Waals surface area contributed by atoms with Crippen molar-refractivity contribution in [2.24, 2.45) is 0 Å². The first-order valence-electron chi connectivity index (χ1n) is 3.84. The summed E-state index contributed by atoms with van der Waals surface area (Å²) < 4.78 is 5.11. The third-order valence-electron chi connectivity index (χ3n) is 1.57. The van der Waals surface area contributed by atoms with Gasteiger partial charge in [-0.15, -0.1) is 0 Å². The molecule has 0 bridgehead atoms. The summed E-state index contributed by atoms with van der Waals surface area (Å²) in [6, 6.07) is 1.45. The average Bonchev–Trinajstić information content (AvgIpc) is 2.48. The first-order chi connectivity index (χ1) is 6.24. The van der Waals surface area contributed by atoms with Gasteiger partial charge in [-0.3, -0.25) is 4.84 Å². The van der Waals surface area contributed by atoms with Crippen LogP contribution in [0.15, 0.2) is 16.7 Å². The fraction of sp³-hybridized carbons (Fsp3) is 0.375. The van der Waals surface area contributed by atoms with Gasteiger partial charge in [0.05, 0.1) is 19.9 Å². The molecule has 0 atom stereocenters. The number of urea groups is 1. The first-order valence-corrected chi connectivity index (χ1v) is 3.84. The second-order valence-electron chi connectivity index (χ2n) is 2.52. The Labute approximate surface area is 76.0 Å². The van der Waals surface area contributed by atoms with Crippen LogP contribution in [0.4, 0.5) is 4.79 Å². The lowest BCUT2D eigenvalue weighted by molar-refractivity contribution is 0.107. The summed E-state index contributed by atoms with van der Waals surface area (Å²) in [5, 5.41) is 2.56. The van der Waals surface area contributed by atoms with Crippen LogP contribution in [0.25, 0.3) is 0 Å². The van der Waals surface area contributed by atoms with Crippen LogP contribution in [0.1, 0.15) is 11.3 Å². The molecule has 1 heterocycles. The summed E-state index contributed by atoms with van der Waals surface area (Å²) >= 11 is 0. The van der Waals surface area contributed by atoms with Crippen molar-refractivity contribution in [2.75, 3.05) is 7.11 Å². The van der Waals surface area contributed by atoms with E-state index in [-0.39, 0.29) is 0 Å². The number of aryl methyl sites for hydroxylation is 1. The van der Waals surface area contributed by atoms with Crippen molar-refractivity contribution < 1.29 is 14.0 Å². The second kappa shape index (κ2) is 4.51. The zero-order valence-electron chi connectivity index (χ0n) is 7.59. The van der Waals surface area contributed by atoms with E-state index < -0.39 is 6.03 Å². The van der Waals surface area contributed by atoms with Crippen molar-refractivity contribution in [3.8, 4) is 0 Å². The molecule has 0 spiro atoms. The van der Waals surface area contributed by atoms with Crippen molar-refractivity contribution in [3.05, 3.63) is 23.7 Å². The topological polar surface area (TPSA) is 63.5 Å². The van der Waals surface area contributed by atoms with Gasteiger partial charge in [-0.2, -0.15) is 0 Å². The Balaban J connectivity index is 2.35. The van der Waals surface area contributed by atoms with Crippen molar-refractivity contribution >= 4 is 6.03 Å². The number of hydrogen-bond acceptors (Lipinski definition) is 3. The summed E-state index contributed by atoms with van der Waals surface area (Å²) in [4.78, 5) is 15.3. The van der Waals surface area contributed by atoms with E-state index in [0.717, 1.165) is 11.3 Å². The first kappa shape index (κ1) is 9.60. The van der Waals surface area contributed by atoms with Crippen LogP contribution in [-0.4, -0.2) is 13.1 Å². The maximum atomic E-state index is 10.9. The Hall–Kier alpha value is -1.49. The van der Waals surface area contributed by atoms with E-state index in [1.807, 2.05) is 13.0 Å². The molecule has 1 rings (SSSR count). The second-order valence-corrected chi connectivity index (χ2v) is 2.52. The van der Waals surface area contributed by atoms with Crippen molar-refractivity contribution in [1.82, 2.24) is 10.8 Å². The maximum absolute atomic E-state index is 10.9. The molecule has 5 nitrogen and oxygen atoms in total. The fourth-order valence-corrected chi connectivity index (χ4v) is 0.875. The van der Waals surface area contributed by atoms with Gasteiger partial charge >= 0.3 is 6.03 Å². The Morgan fingerprint density at radius 1 is 1.69 bits per heavy atom. The Kier molecular flexibility index (Phi) is 3.33. The van der Waals surface area contributed by atoms with Gasteiger partial charge in [0.2, 0.25) is 0 Å². The number of amides is 2. The summed E-state index contributed by atoms with van der Waals surface area (Å²) in [6.45, 7) is 2.27. The molecule has 0 saturated heterocycles. The molecule has 0 saturated carbocycles. The number of carbonyl (C=O) groups is 1. The van der Waals surface area contributed by atoms with Crippen molar-refractivity contribution in [3.63, 3.8) is 0 Å². The molecule has 0 aliphatic heterocycles. The minimum absolute atomic E-state index is 0.355. The van der Waals surface area contributed by atoms with Gasteiger partial charge in [0.1, 0.15) is 5.76 Å². The van der Waals surface area contributed by atoms with E-state index in [4.69, 9.17) is 4.42 Å². The number of rotatable bonds is 3. The highest BCUT2D eigenvalue weighted by molar-refractivity contribution is 5.72. The highest BCUT2D eigenvalue weighted by Crippen LogP contribution is 2.07. The summed E-state index contributed by atoms with van der Waals surface area (Å²) in [5.41, 5.74) is 3.15. The summed E-state index contributed by atoms with van der Waals surface area (Å²) in [6.07, 6.45) is 1.58. The molecule has 0 radical (unpaired) electrons. The minimum Gasteiger partial charge on any atom is -0.467 e. The molecule has 2 N–H and O–H groups in total. The molecule has 1 aromatic heterocycles. The van der Waals surface area contributed by atoms with E-state index in [2.05, 4.69) is 15.6 Å². The lowest BCUT2D eigenvalue weighted by Gasteiger charge is -2.03. The maximum Gasteiger partial charge on any atom is 0.339 e. The SMILES string of the molecule is CONC(=O)NCc1occc1C. The lowest BCUT2D eigenvalue weighted by Crippen LogP contribution is -2.34. The third-order valence-corrected chi connectivity index (χ3v) is 1.57. The minimum atomic E-state index is -0.390. The largest absolute Gasteiger partial charge is 0.467 e. The monoisotopic (exact) mass is 184 g/mol. The molecular formula is C8H12N2O3. The molecular weight excluding hydrogens is 172 g/mol. The predicted molar refractivity (Wildman–Crippen MR) is 45.8 cm³/mol. The van der Waals surface area contributed by atoms with Gasteiger partial charge in [0.25, 0.3) is 0 Å². The molecule has 13 heavy (non-hydrogen) atoms. The number of hydroxylamine groups is 1. The van der Waals surface area contributed by atoms with E-state index >= 15 is 0 Å². The van der Waals surface area contributed by atoms with E-state index in [1.165, 1.54) is 7.11 Å². The van der Waals surface area contributed by atoms with E-state index in [0.29, 0.717) is 6.54 Å². The van der Waals surface area contributed by atoms with Crippen LogP contribution in [-0.2, 0) is 11.4 Å². The van der Waals surface area contributed by atoms with Gasteiger partial charge in [0.15, 0.2) is 0 Å². The van der Waals surface area contributed by atoms with Gasteiger partial charge in [0, 0.05) is 0 Å². The Morgan fingerprint density at radius 3 is 3.00 bits per heavy atom. The zero-order valence-corrected chi connectivity index (χ0v) is 7.59. The molecule has 0 unspecified atom stereocenters. The molecule has 5 heteroatoms. The van der Waals surface area contributed by atoms with Gasteiger partial charge in [-0.1, -0.05) is 0 Å². The number of nitrogens with one attached hydrogen (secondary N) is 2. The number of furan rings is 1. The van der Waals surface area contributed by atoms with Crippen LogP contribution in [0.3, 0.4) is 0 Å². The molecule has 0 aromatic carbocycles. The zero-order chi connectivity index (χ0) is 9.68. The molecule has 2 amide bonds. The van der Waals surface area contributed by atoms with Crippen LogP contribution in [0.2, 0.25) is 0 Å². The Morgan fingerprint density at radius 2 is 2.46 bits per heavy atom. The number of carbonyl (C=O) groups excluding carboxylic acids is 1. The molecule has 1 aromatic rings. The van der Waals surface area contributed by atoms with Crippen molar-refractivity contribution in [2.45, 2.75) is 13.5 Å². The molecule has 0 aliphatic rings. The van der Waals surface area contributed by atoms with Gasteiger partial charge in [-0.25, -0.2) is 10.3 Å². The van der Waals surface area contributed by atoms with Crippen LogP contribution < -0.4 is 10.8 Å². The fourth-order valence-electron chi connectivity index (χ4n) is 0.875. The quantitative estimate of drug-likeness (QED) is 0.687. The highest BCUT2D eigenvalue weighted by atomic mass is 16.6. The van der Waals surface area contributed by atoms with Crippen molar-refractivity contribution in [1.29, 1.82) is 0 Å². The molecule has 0 aliphatic carbocycles. The van der Waals surface area contributed by atoms with Crippen LogP contribution in [0.5, 0.6) is 0 Å². The van der Waals surface area contributed by atoms with E-state index in [1.54, 1.807) is 6.26 Å². The Bertz CT molecular complexity index is 283. The molecule has 0 fully saturated rings. The standard InChI is InChI=1S/C8H12N2O3/c1-6-3-4-13-7(6)5-9-8(11)10-12-2/h3-4H,5H2,1-2H3,(H2,9,10,11). The average molecular weight is 184 g/mol. The summed E-state index contributed by atoms with van der Waals surface area (Å²) in [7, 11) is 1.37. The van der Waals surface area contributed by atoms with Gasteiger partial charge in [-0.05, 0) is 18.6 Å². The summed E-state index contributed by atoms with van der Waals surface area (Å²) in [5.74, 6) is 0.742.